The van der Waals surface area contributed by atoms with Crippen molar-refractivity contribution in [1.29, 1.82) is 0 Å². The van der Waals surface area contributed by atoms with E-state index in [1.807, 2.05) is 24.3 Å². The van der Waals surface area contributed by atoms with Gasteiger partial charge in [-0.25, -0.2) is 19.7 Å². The first kappa shape index (κ1) is 27.7. The number of benzene rings is 2. The van der Waals surface area contributed by atoms with Crippen molar-refractivity contribution in [2.24, 2.45) is 0 Å². The molecule has 2 N–H and O–H groups in total. The van der Waals surface area contributed by atoms with Crippen LogP contribution in [-0.2, 0) is 0 Å². The Hall–Kier alpha value is -4.46. The van der Waals surface area contributed by atoms with Crippen LogP contribution in [0.5, 0.6) is 23.3 Å². The van der Waals surface area contributed by atoms with Crippen molar-refractivity contribution >= 4 is 55.8 Å². The van der Waals surface area contributed by atoms with Gasteiger partial charge in [-0.05, 0) is 37.3 Å². The van der Waals surface area contributed by atoms with Crippen LogP contribution in [-0.4, -0.2) is 75.3 Å². The summed E-state index contributed by atoms with van der Waals surface area (Å²) in [4.78, 5) is 30.6. The molecule has 0 saturated carbocycles. The highest BCUT2D eigenvalue weighted by Crippen LogP contribution is 2.45. The fourth-order valence-electron chi connectivity index (χ4n) is 4.46. The van der Waals surface area contributed by atoms with Crippen molar-refractivity contribution in [3.8, 4) is 33.8 Å². The Morgan fingerprint density at radius 3 is 2.76 bits per heavy atom. The summed E-state index contributed by atoms with van der Waals surface area (Å²) in [5, 5.41) is 21.3. The normalized spacial score (nSPS) is 15.0. The average molecular weight is 610 g/mol. The van der Waals surface area contributed by atoms with Gasteiger partial charge in [0, 0.05) is 16.0 Å². The molecule has 216 valence electrons. The van der Waals surface area contributed by atoms with Gasteiger partial charge in [-0.3, -0.25) is 9.88 Å². The summed E-state index contributed by atoms with van der Waals surface area (Å²) >= 11 is 7.86. The van der Waals surface area contributed by atoms with Crippen LogP contribution in [0.1, 0.15) is 6.92 Å². The molecule has 5 aromatic rings. The average Bonchev–Trinajstić information content (AvgIpc) is 3.43. The third-order valence-electron chi connectivity index (χ3n) is 6.37. The SMILES string of the molecule is COc1cnc2c(-c3nc4ccc5c(c4s3)OC[C@@H](CN(C(=O)O)c3cnc(OC[C@H](C)O)nc3)O5)cc(Cl)cc2c1. The molecule has 1 aliphatic heterocycles. The maximum absolute atomic E-state index is 12.1. The molecule has 2 aromatic carbocycles. The third-order valence-corrected chi connectivity index (χ3v) is 7.69. The lowest BCUT2D eigenvalue weighted by Gasteiger charge is -2.30. The molecule has 0 aliphatic carbocycles. The largest absolute Gasteiger partial charge is 0.495 e. The van der Waals surface area contributed by atoms with Crippen LogP contribution in [0, 0.1) is 0 Å². The molecule has 6 rings (SSSR count). The maximum Gasteiger partial charge on any atom is 0.412 e. The molecular formula is C28H24ClN5O7S. The smallest absolute Gasteiger partial charge is 0.412 e. The summed E-state index contributed by atoms with van der Waals surface area (Å²) in [5.41, 5.74) is 2.49. The van der Waals surface area contributed by atoms with Gasteiger partial charge in [-0.2, -0.15) is 0 Å². The molecule has 0 saturated heterocycles. The van der Waals surface area contributed by atoms with Crippen LogP contribution < -0.4 is 23.8 Å². The number of pyridine rings is 1. The highest BCUT2D eigenvalue weighted by Gasteiger charge is 2.29. The molecule has 0 fully saturated rings. The number of fused-ring (bicyclic) bond motifs is 4. The number of hydrogen-bond donors (Lipinski definition) is 2. The van der Waals surface area contributed by atoms with Crippen molar-refractivity contribution in [3.63, 3.8) is 0 Å². The van der Waals surface area contributed by atoms with Crippen LogP contribution in [0.2, 0.25) is 5.02 Å². The van der Waals surface area contributed by atoms with Gasteiger partial charge in [0.1, 0.15) is 28.7 Å². The first-order valence-electron chi connectivity index (χ1n) is 12.8. The van der Waals surface area contributed by atoms with E-state index in [0.29, 0.717) is 27.3 Å². The van der Waals surface area contributed by atoms with Crippen LogP contribution >= 0.6 is 22.9 Å². The van der Waals surface area contributed by atoms with E-state index in [4.69, 9.17) is 35.5 Å². The maximum atomic E-state index is 12.1. The van der Waals surface area contributed by atoms with E-state index in [-0.39, 0.29) is 31.5 Å². The Kier molecular flexibility index (Phi) is 7.54. The first-order chi connectivity index (χ1) is 20.3. The Balaban J connectivity index is 1.24. The minimum atomic E-state index is -1.20. The van der Waals surface area contributed by atoms with Crippen molar-refractivity contribution < 1.29 is 34.0 Å². The lowest BCUT2D eigenvalue weighted by molar-refractivity contribution is 0.0961. The van der Waals surface area contributed by atoms with E-state index < -0.39 is 18.3 Å². The molecule has 0 bridgehead atoms. The molecule has 0 radical (unpaired) electrons. The number of ether oxygens (including phenoxy) is 4. The summed E-state index contributed by atoms with van der Waals surface area (Å²) in [6.07, 6.45) is 1.84. The molecule has 12 nitrogen and oxygen atoms in total. The second kappa shape index (κ2) is 11.4. The van der Waals surface area contributed by atoms with Crippen molar-refractivity contribution in [2.75, 3.05) is 31.8 Å². The summed E-state index contributed by atoms with van der Waals surface area (Å²) < 4.78 is 23.6. The van der Waals surface area contributed by atoms with Gasteiger partial charge >= 0.3 is 12.1 Å². The van der Waals surface area contributed by atoms with E-state index in [0.717, 1.165) is 31.6 Å². The Labute approximate surface area is 248 Å². The predicted octanol–water partition coefficient (Wildman–Crippen LogP) is 5.05. The van der Waals surface area contributed by atoms with Gasteiger partial charge in [0.15, 0.2) is 17.6 Å². The number of carboxylic acid groups (broad SMARTS) is 1. The van der Waals surface area contributed by atoms with E-state index in [9.17, 15) is 15.0 Å². The van der Waals surface area contributed by atoms with E-state index in [1.54, 1.807) is 26.3 Å². The number of amides is 1. The molecule has 3 aromatic heterocycles. The minimum absolute atomic E-state index is 0.0188. The fourth-order valence-corrected chi connectivity index (χ4v) is 5.76. The molecule has 2 atom stereocenters. The van der Waals surface area contributed by atoms with Gasteiger partial charge in [-0.15, -0.1) is 11.3 Å². The van der Waals surface area contributed by atoms with Crippen LogP contribution in [0.15, 0.2) is 48.9 Å². The minimum Gasteiger partial charge on any atom is -0.495 e. The number of carbonyl (C=O) groups is 1. The second-order valence-electron chi connectivity index (χ2n) is 9.49. The predicted molar refractivity (Wildman–Crippen MR) is 156 cm³/mol. The molecular weight excluding hydrogens is 586 g/mol. The topological polar surface area (TPSA) is 149 Å². The number of nitrogens with zero attached hydrogens (tertiary/aromatic N) is 5. The first-order valence-corrected chi connectivity index (χ1v) is 14.0. The van der Waals surface area contributed by atoms with Crippen molar-refractivity contribution in [3.05, 3.63) is 53.9 Å². The van der Waals surface area contributed by atoms with Crippen molar-refractivity contribution in [2.45, 2.75) is 19.1 Å². The number of aliphatic hydroxyl groups is 1. The fraction of sp³-hybridized carbons (Fsp3) is 0.250. The zero-order chi connectivity index (χ0) is 29.4. The highest BCUT2D eigenvalue weighted by atomic mass is 35.5. The number of aliphatic hydroxyl groups excluding tert-OH is 1. The van der Waals surface area contributed by atoms with E-state index in [1.165, 1.54) is 23.7 Å². The van der Waals surface area contributed by atoms with Gasteiger partial charge in [-0.1, -0.05) is 11.6 Å². The van der Waals surface area contributed by atoms with Gasteiger partial charge in [0.25, 0.3) is 0 Å². The number of halogens is 1. The number of hydrogen-bond acceptors (Lipinski definition) is 11. The summed E-state index contributed by atoms with van der Waals surface area (Å²) in [5.74, 6) is 1.65. The number of thiazole rings is 1. The number of methoxy groups -OCH3 is 1. The number of aromatic nitrogens is 4. The lowest BCUT2D eigenvalue weighted by Crippen LogP contribution is -2.43. The van der Waals surface area contributed by atoms with Crippen molar-refractivity contribution in [1.82, 2.24) is 19.9 Å². The lowest BCUT2D eigenvalue weighted by atomic mass is 10.1. The molecule has 1 amide bonds. The molecule has 0 unspecified atom stereocenters. The van der Waals surface area contributed by atoms with Crippen LogP contribution in [0.4, 0.5) is 10.5 Å². The molecule has 14 heteroatoms. The van der Waals surface area contributed by atoms with Crippen LogP contribution in [0.3, 0.4) is 0 Å². The standard InChI is InChI=1S/C28H24ClN5O7S/c1-14(35)12-40-27-31-8-17(9-32-27)34(28(36)37)11-19-13-39-24-22(41-19)4-3-21-25(24)42-26(33-21)20-7-16(29)5-15-6-18(38-2)10-30-23(15)20/h3-10,14,19,35H,11-13H2,1-2H3,(H,36,37)/t14-,19+/m0/s1. The highest BCUT2D eigenvalue weighted by molar-refractivity contribution is 7.22. The van der Waals surface area contributed by atoms with E-state index in [2.05, 4.69) is 15.0 Å². The monoisotopic (exact) mass is 609 g/mol. The van der Waals surface area contributed by atoms with Gasteiger partial charge < -0.3 is 29.2 Å². The molecule has 1 aliphatic rings. The van der Waals surface area contributed by atoms with Gasteiger partial charge in [0.05, 0.1) is 55.1 Å². The Morgan fingerprint density at radius 2 is 2.02 bits per heavy atom. The quantitative estimate of drug-likeness (QED) is 0.243. The number of anilines is 1. The summed E-state index contributed by atoms with van der Waals surface area (Å²) in [6, 6.07) is 9.15. The third kappa shape index (κ3) is 5.53. The summed E-state index contributed by atoms with van der Waals surface area (Å²) in [7, 11) is 1.58. The van der Waals surface area contributed by atoms with Crippen LogP contribution in [0.25, 0.3) is 31.7 Å². The molecule has 0 spiro atoms. The molecule has 4 heterocycles. The second-order valence-corrected chi connectivity index (χ2v) is 10.9. The molecule has 42 heavy (non-hydrogen) atoms. The Morgan fingerprint density at radius 1 is 1.21 bits per heavy atom. The Bertz CT molecular complexity index is 1780. The zero-order valence-corrected chi connectivity index (χ0v) is 23.9. The summed E-state index contributed by atoms with van der Waals surface area (Å²) in [6.45, 7) is 1.67. The zero-order valence-electron chi connectivity index (χ0n) is 22.4. The number of rotatable bonds is 8. The van der Waals surface area contributed by atoms with Gasteiger partial charge in [0.2, 0.25) is 0 Å². The van der Waals surface area contributed by atoms with E-state index >= 15 is 0 Å².